The van der Waals surface area contributed by atoms with Crippen LogP contribution in [0.5, 0.6) is 0 Å². The van der Waals surface area contributed by atoms with Crippen LogP contribution < -0.4 is 0 Å². The second kappa shape index (κ2) is 5.17. The summed E-state index contributed by atoms with van der Waals surface area (Å²) in [6.45, 7) is 6.15. The maximum Gasteiger partial charge on any atom is 0.213 e. The van der Waals surface area contributed by atoms with Crippen LogP contribution in [-0.2, 0) is 9.47 Å². The zero-order valence-corrected chi connectivity index (χ0v) is 12.0. The molecule has 0 spiro atoms. The zero-order valence-electron chi connectivity index (χ0n) is 10.5. The summed E-state index contributed by atoms with van der Waals surface area (Å²) in [5.41, 5.74) is -0.467. The first-order valence-corrected chi connectivity index (χ1v) is 6.42. The number of ether oxygens (including phenoxy) is 2. The first-order chi connectivity index (χ1) is 7.48. The van der Waals surface area contributed by atoms with Crippen LogP contribution in [0.3, 0.4) is 0 Å². The molecule has 0 amide bonds. The van der Waals surface area contributed by atoms with Gasteiger partial charge in [-0.1, -0.05) is 29.8 Å². The van der Waals surface area contributed by atoms with E-state index in [1.807, 2.05) is 6.92 Å². The van der Waals surface area contributed by atoms with Crippen molar-refractivity contribution in [3.8, 4) is 0 Å². The van der Waals surface area contributed by atoms with Crippen LogP contribution in [0.4, 0.5) is 0 Å². The Labute approximate surface area is 105 Å². The van der Waals surface area contributed by atoms with Gasteiger partial charge >= 0.3 is 0 Å². The van der Waals surface area contributed by atoms with E-state index in [1.54, 1.807) is 14.2 Å². The molecule has 0 fully saturated rings. The number of aliphatic imine (C=N–C) groups is 2. The number of alkyl halides is 1. The Bertz CT molecular complexity index is 315. The summed E-state index contributed by atoms with van der Waals surface area (Å²) in [5, 5.41) is 0.657. The maximum atomic E-state index is 5.33. The molecular formula is C11H19BrN2O2. The number of methoxy groups -OCH3 is 2. The molecule has 0 aromatic carbocycles. The lowest BCUT2D eigenvalue weighted by atomic mass is 9.99. The third kappa shape index (κ3) is 2.39. The first-order valence-electron chi connectivity index (χ1n) is 5.30. The lowest BCUT2D eigenvalue weighted by Gasteiger charge is -2.32. The third-order valence-electron chi connectivity index (χ3n) is 2.62. The molecule has 0 aromatic rings. The van der Waals surface area contributed by atoms with Crippen LogP contribution in [0, 0.1) is 5.92 Å². The van der Waals surface area contributed by atoms with Crippen LogP contribution >= 0.6 is 15.9 Å². The van der Waals surface area contributed by atoms with E-state index in [2.05, 4.69) is 39.8 Å². The molecule has 0 aromatic heterocycles. The molecule has 0 N–H and O–H groups in total. The molecule has 1 aliphatic rings. The standard InChI is InChI=1S/C11H19BrN2O2/c1-7(2)8-9(15-4)14-11(3,6-12)10(13-8)16-5/h7-8H,6H2,1-5H3/t8-,11+/m1/s1. The summed E-state index contributed by atoms with van der Waals surface area (Å²) >= 11 is 3.44. The van der Waals surface area contributed by atoms with Crippen LogP contribution in [0.15, 0.2) is 9.98 Å². The molecule has 0 unspecified atom stereocenters. The van der Waals surface area contributed by atoms with E-state index in [0.717, 1.165) is 0 Å². The number of nitrogens with zero attached hydrogens (tertiary/aromatic N) is 2. The Morgan fingerprint density at radius 2 is 2.00 bits per heavy atom. The Hall–Kier alpha value is -0.580. The lowest BCUT2D eigenvalue weighted by molar-refractivity contribution is 0.318. The van der Waals surface area contributed by atoms with Gasteiger partial charge in [0, 0.05) is 5.33 Å². The monoisotopic (exact) mass is 290 g/mol. The fourth-order valence-electron chi connectivity index (χ4n) is 1.64. The summed E-state index contributed by atoms with van der Waals surface area (Å²) < 4.78 is 10.6. The molecule has 0 bridgehead atoms. The maximum absolute atomic E-state index is 5.33. The average Bonchev–Trinajstić information content (AvgIpc) is 2.28. The normalized spacial score (nSPS) is 29.8. The highest BCUT2D eigenvalue weighted by molar-refractivity contribution is 9.09. The molecular weight excluding hydrogens is 272 g/mol. The number of hydrogen-bond donors (Lipinski definition) is 0. The van der Waals surface area contributed by atoms with Crippen LogP contribution in [0.25, 0.3) is 0 Å². The van der Waals surface area contributed by atoms with Gasteiger partial charge in [0.15, 0.2) is 0 Å². The van der Waals surface area contributed by atoms with Crippen molar-refractivity contribution in [2.75, 3.05) is 19.5 Å². The number of rotatable bonds is 2. The highest BCUT2D eigenvalue weighted by Gasteiger charge is 2.38. The minimum Gasteiger partial charge on any atom is -0.483 e. The van der Waals surface area contributed by atoms with Crippen LogP contribution in [0.2, 0.25) is 0 Å². The highest BCUT2D eigenvalue weighted by Crippen LogP contribution is 2.25. The van der Waals surface area contributed by atoms with E-state index in [4.69, 9.17) is 9.47 Å². The Morgan fingerprint density at radius 3 is 2.38 bits per heavy atom. The average molecular weight is 291 g/mol. The Balaban J connectivity index is 3.12. The molecule has 92 valence electrons. The van der Waals surface area contributed by atoms with Gasteiger partial charge in [-0.05, 0) is 12.8 Å². The minimum atomic E-state index is -0.467. The topological polar surface area (TPSA) is 43.2 Å². The van der Waals surface area contributed by atoms with Crippen molar-refractivity contribution in [1.29, 1.82) is 0 Å². The summed E-state index contributed by atoms with van der Waals surface area (Å²) in [6, 6.07) is -0.0490. The van der Waals surface area contributed by atoms with E-state index >= 15 is 0 Å². The smallest absolute Gasteiger partial charge is 0.213 e. The van der Waals surface area contributed by atoms with E-state index in [-0.39, 0.29) is 6.04 Å². The van der Waals surface area contributed by atoms with Gasteiger partial charge in [0.1, 0.15) is 11.6 Å². The van der Waals surface area contributed by atoms with Gasteiger partial charge in [-0.2, -0.15) is 0 Å². The number of halogens is 1. The molecule has 1 heterocycles. The molecule has 2 atom stereocenters. The Kier molecular flexibility index (Phi) is 4.35. The molecule has 4 nitrogen and oxygen atoms in total. The summed E-state index contributed by atoms with van der Waals surface area (Å²) in [7, 11) is 3.26. The van der Waals surface area contributed by atoms with Crippen molar-refractivity contribution in [2.45, 2.75) is 32.4 Å². The largest absolute Gasteiger partial charge is 0.483 e. The summed E-state index contributed by atoms with van der Waals surface area (Å²) in [4.78, 5) is 9.18. The van der Waals surface area contributed by atoms with Crippen molar-refractivity contribution in [1.82, 2.24) is 0 Å². The van der Waals surface area contributed by atoms with Gasteiger partial charge in [0.25, 0.3) is 0 Å². The van der Waals surface area contributed by atoms with E-state index < -0.39 is 5.54 Å². The van der Waals surface area contributed by atoms with Gasteiger partial charge < -0.3 is 9.47 Å². The molecule has 0 radical (unpaired) electrons. The van der Waals surface area contributed by atoms with Gasteiger partial charge in [0.05, 0.1) is 14.2 Å². The molecule has 16 heavy (non-hydrogen) atoms. The van der Waals surface area contributed by atoms with E-state index in [9.17, 15) is 0 Å². The molecule has 1 aliphatic heterocycles. The predicted molar refractivity (Wildman–Crippen MR) is 69.7 cm³/mol. The fraction of sp³-hybridized carbons (Fsp3) is 0.818. The molecule has 0 saturated heterocycles. The first kappa shape index (κ1) is 13.5. The predicted octanol–water partition coefficient (Wildman–Crippen LogP) is 2.27. The van der Waals surface area contributed by atoms with Gasteiger partial charge in [0.2, 0.25) is 11.8 Å². The minimum absolute atomic E-state index is 0.0490. The van der Waals surface area contributed by atoms with Crippen molar-refractivity contribution in [2.24, 2.45) is 15.9 Å². The lowest BCUT2D eigenvalue weighted by Crippen LogP contribution is -2.45. The molecule has 5 heteroatoms. The van der Waals surface area contributed by atoms with E-state index in [0.29, 0.717) is 23.0 Å². The van der Waals surface area contributed by atoms with Crippen LogP contribution in [0.1, 0.15) is 20.8 Å². The zero-order chi connectivity index (χ0) is 12.3. The highest BCUT2D eigenvalue weighted by atomic mass is 79.9. The van der Waals surface area contributed by atoms with E-state index in [1.165, 1.54) is 0 Å². The molecule has 0 aliphatic carbocycles. The van der Waals surface area contributed by atoms with Gasteiger partial charge in [-0.3, -0.25) is 0 Å². The van der Waals surface area contributed by atoms with Gasteiger partial charge in [-0.25, -0.2) is 9.98 Å². The number of hydrogen-bond acceptors (Lipinski definition) is 4. The second-order valence-electron chi connectivity index (χ2n) is 4.39. The van der Waals surface area contributed by atoms with Crippen molar-refractivity contribution >= 4 is 27.7 Å². The van der Waals surface area contributed by atoms with Crippen LogP contribution in [-0.4, -0.2) is 42.9 Å². The SMILES string of the molecule is COC1=N[C@@](C)(CBr)C(OC)=N[C@@H]1C(C)C. The molecule has 1 rings (SSSR count). The fourth-order valence-corrected chi connectivity index (χ4v) is 2.00. The Morgan fingerprint density at radius 1 is 1.38 bits per heavy atom. The third-order valence-corrected chi connectivity index (χ3v) is 3.71. The van der Waals surface area contributed by atoms with Crippen molar-refractivity contribution in [3.63, 3.8) is 0 Å². The van der Waals surface area contributed by atoms with Crippen molar-refractivity contribution in [3.05, 3.63) is 0 Å². The summed E-state index contributed by atoms with van der Waals surface area (Å²) in [6.07, 6.45) is 0. The van der Waals surface area contributed by atoms with Gasteiger partial charge in [-0.15, -0.1) is 0 Å². The summed E-state index contributed by atoms with van der Waals surface area (Å²) in [5.74, 6) is 1.67. The van der Waals surface area contributed by atoms with Crippen molar-refractivity contribution < 1.29 is 9.47 Å². The quantitative estimate of drug-likeness (QED) is 0.732. The molecule has 0 saturated carbocycles. The second-order valence-corrected chi connectivity index (χ2v) is 4.95.